The van der Waals surface area contributed by atoms with Gasteiger partial charge in [-0.25, -0.2) is 4.98 Å². The van der Waals surface area contributed by atoms with Crippen LogP contribution in [0.1, 0.15) is 57.2 Å². The van der Waals surface area contributed by atoms with Gasteiger partial charge in [-0.2, -0.15) is 0 Å². The zero-order chi connectivity index (χ0) is 16.4. The Kier molecular flexibility index (Phi) is 4.41. The second kappa shape index (κ2) is 6.34. The lowest BCUT2D eigenvalue weighted by Crippen LogP contribution is -2.59. The average Bonchev–Trinajstić information content (AvgIpc) is 3.15. The zero-order valence-electron chi connectivity index (χ0n) is 14.0. The van der Waals surface area contributed by atoms with E-state index < -0.39 is 5.54 Å². The van der Waals surface area contributed by atoms with Crippen LogP contribution in [0.15, 0.2) is 12.4 Å². The standard InChI is InChI=1S/C17H26N4O2/c1-13(22)19-17(7-4-3-5-8-17)16(23)21-10-6-14(12-21)15-18-9-11-20(15)2/h9,11,14H,3-8,10,12H2,1-2H3,(H,19,22). The summed E-state index contributed by atoms with van der Waals surface area (Å²) in [6.07, 6.45) is 9.35. The van der Waals surface area contributed by atoms with Crippen LogP contribution in [-0.2, 0) is 16.6 Å². The van der Waals surface area contributed by atoms with Crippen LogP contribution < -0.4 is 5.32 Å². The maximum Gasteiger partial charge on any atom is 0.248 e. The minimum atomic E-state index is -0.680. The summed E-state index contributed by atoms with van der Waals surface area (Å²) in [7, 11) is 1.99. The van der Waals surface area contributed by atoms with E-state index in [4.69, 9.17) is 0 Å². The first-order valence-corrected chi connectivity index (χ1v) is 8.57. The molecule has 1 atom stereocenters. The maximum absolute atomic E-state index is 13.1. The molecule has 2 amide bonds. The Morgan fingerprint density at radius 3 is 2.65 bits per heavy atom. The number of nitrogens with one attached hydrogen (secondary N) is 1. The SMILES string of the molecule is CC(=O)NC1(C(=O)N2CCC(c3nccn3C)C2)CCCCC1. The number of carbonyl (C=O) groups excluding carboxylic acids is 2. The molecular weight excluding hydrogens is 292 g/mol. The van der Waals surface area contributed by atoms with Crippen LogP contribution in [0.4, 0.5) is 0 Å². The smallest absolute Gasteiger partial charge is 0.248 e. The Morgan fingerprint density at radius 1 is 1.30 bits per heavy atom. The number of imidazole rings is 1. The molecule has 6 heteroatoms. The van der Waals surface area contributed by atoms with Crippen molar-refractivity contribution in [2.45, 2.75) is 56.9 Å². The highest BCUT2D eigenvalue weighted by Crippen LogP contribution is 2.33. The van der Waals surface area contributed by atoms with E-state index in [2.05, 4.69) is 10.3 Å². The van der Waals surface area contributed by atoms with E-state index in [1.807, 2.05) is 22.7 Å². The predicted molar refractivity (Wildman–Crippen MR) is 86.8 cm³/mol. The minimum Gasteiger partial charge on any atom is -0.342 e. The summed E-state index contributed by atoms with van der Waals surface area (Å²) in [5.41, 5.74) is -0.680. The summed E-state index contributed by atoms with van der Waals surface area (Å²) < 4.78 is 2.03. The van der Waals surface area contributed by atoms with E-state index in [0.717, 1.165) is 50.9 Å². The van der Waals surface area contributed by atoms with Gasteiger partial charge in [0, 0.05) is 45.4 Å². The molecule has 0 aromatic carbocycles. The molecule has 1 unspecified atom stereocenters. The van der Waals surface area contributed by atoms with Crippen molar-refractivity contribution >= 4 is 11.8 Å². The van der Waals surface area contributed by atoms with Crippen LogP contribution in [0.25, 0.3) is 0 Å². The van der Waals surface area contributed by atoms with E-state index in [1.54, 1.807) is 6.20 Å². The molecule has 1 saturated carbocycles. The number of hydrogen-bond acceptors (Lipinski definition) is 3. The highest BCUT2D eigenvalue weighted by Gasteiger charge is 2.44. The van der Waals surface area contributed by atoms with Crippen molar-refractivity contribution in [2.75, 3.05) is 13.1 Å². The highest BCUT2D eigenvalue weighted by atomic mass is 16.2. The van der Waals surface area contributed by atoms with Crippen LogP contribution in [-0.4, -0.2) is 44.9 Å². The number of likely N-dealkylation sites (tertiary alicyclic amines) is 1. The molecule has 126 valence electrons. The quantitative estimate of drug-likeness (QED) is 0.920. The van der Waals surface area contributed by atoms with Gasteiger partial charge in [0.15, 0.2) is 0 Å². The van der Waals surface area contributed by atoms with Gasteiger partial charge in [-0.1, -0.05) is 19.3 Å². The van der Waals surface area contributed by atoms with Gasteiger partial charge in [-0.3, -0.25) is 9.59 Å². The van der Waals surface area contributed by atoms with Crippen LogP contribution in [0.5, 0.6) is 0 Å². The molecule has 1 aliphatic carbocycles. The van der Waals surface area contributed by atoms with Gasteiger partial charge in [-0.05, 0) is 19.3 Å². The summed E-state index contributed by atoms with van der Waals surface area (Å²) in [6, 6.07) is 0. The van der Waals surface area contributed by atoms with Crippen molar-refractivity contribution in [3.63, 3.8) is 0 Å². The number of nitrogens with zero attached hydrogens (tertiary/aromatic N) is 3. The van der Waals surface area contributed by atoms with Gasteiger partial charge in [0.1, 0.15) is 11.4 Å². The average molecular weight is 318 g/mol. The molecule has 3 rings (SSSR count). The molecule has 2 aliphatic rings. The molecule has 1 aromatic heterocycles. The van der Waals surface area contributed by atoms with Crippen LogP contribution in [0, 0.1) is 0 Å². The molecule has 0 radical (unpaired) electrons. The maximum atomic E-state index is 13.1. The largest absolute Gasteiger partial charge is 0.342 e. The first kappa shape index (κ1) is 16.0. The van der Waals surface area contributed by atoms with Crippen molar-refractivity contribution in [2.24, 2.45) is 7.05 Å². The Labute approximate surface area is 137 Å². The molecular formula is C17H26N4O2. The van der Waals surface area contributed by atoms with Crippen molar-refractivity contribution in [1.82, 2.24) is 19.8 Å². The van der Waals surface area contributed by atoms with Gasteiger partial charge in [0.25, 0.3) is 0 Å². The Bertz CT molecular complexity index is 589. The van der Waals surface area contributed by atoms with Crippen molar-refractivity contribution in [3.05, 3.63) is 18.2 Å². The number of carbonyl (C=O) groups is 2. The molecule has 2 fully saturated rings. The van der Waals surface area contributed by atoms with Crippen LogP contribution in [0.2, 0.25) is 0 Å². The first-order chi connectivity index (χ1) is 11.0. The summed E-state index contributed by atoms with van der Waals surface area (Å²) in [6.45, 7) is 2.95. The van der Waals surface area contributed by atoms with Crippen molar-refractivity contribution < 1.29 is 9.59 Å². The number of aryl methyl sites for hydroxylation is 1. The normalized spacial score (nSPS) is 23.7. The molecule has 0 bridgehead atoms. The van der Waals surface area contributed by atoms with Crippen molar-refractivity contribution in [3.8, 4) is 0 Å². The Balaban J connectivity index is 1.74. The molecule has 1 N–H and O–H groups in total. The van der Waals surface area contributed by atoms with Gasteiger partial charge in [0.2, 0.25) is 11.8 Å². The van der Waals surface area contributed by atoms with Crippen molar-refractivity contribution in [1.29, 1.82) is 0 Å². The Hall–Kier alpha value is -1.85. The summed E-state index contributed by atoms with van der Waals surface area (Å²) in [5, 5.41) is 2.98. The Morgan fingerprint density at radius 2 is 2.04 bits per heavy atom. The summed E-state index contributed by atoms with van der Waals surface area (Å²) >= 11 is 0. The lowest BCUT2D eigenvalue weighted by molar-refractivity contribution is -0.142. The second-order valence-electron chi connectivity index (χ2n) is 6.96. The molecule has 23 heavy (non-hydrogen) atoms. The zero-order valence-corrected chi connectivity index (χ0v) is 14.0. The molecule has 2 heterocycles. The highest BCUT2D eigenvalue weighted by molar-refractivity contribution is 5.91. The third-order valence-corrected chi connectivity index (χ3v) is 5.23. The van der Waals surface area contributed by atoms with E-state index in [-0.39, 0.29) is 17.7 Å². The topological polar surface area (TPSA) is 67.2 Å². The third kappa shape index (κ3) is 3.12. The number of hydrogen-bond donors (Lipinski definition) is 1. The van der Waals surface area contributed by atoms with Gasteiger partial charge >= 0.3 is 0 Å². The molecule has 1 aromatic rings. The molecule has 1 saturated heterocycles. The summed E-state index contributed by atoms with van der Waals surface area (Å²) in [5.74, 6) is 1.32. The number of amides is 2. The van der Waals surface area contributed by atoms with E-state index >= 15 is 0 Å². The molecule has 1 aliphatic heterocycles. The second-order valence-corrected chi connectivity index (χ2v) is 6.96. The molecule has 0 spiro atoms. The fourth-order valence-electron chi connectivity index (χ4n) is 4.11. The number of rotatable bonds is 3. The number of aromatic nitrogens is 2. The fourth-order valence-corrected chi connectivity index (χ4v) is 4.11. The van der Waals surface area contributed by atoms with Gasteiger partial charge < -0.3 is 14.8 Å². The third-order valence-electron chi connectivity index (χ3n) is 5.23. The van der Waals surface area contributed by atoms with E-state index in [9.17, 15) is 9.59 Å². The van der Waals surface area contributed by atoms with Crippen LogP contribution >= 0.6 is 0 Å². The van der Waals surface area contributed by atoms with Gasteiger partial charge in [0.05, 0.1) is 0 Å². The minimum absolute atomic E-state index is 0.101. The van der Waals surface area contributed by atoms with E-state index in [1.165, 1.54) is 6.92 Å². The predicted octanol–water partition coefficient (Wildman–Crippen LogP) is 1.57. The van der Waals surface area contributed by atoms with Crippen LogP contribution in [0.3, 0.4) is 0 Å². The summed E-state index contributed by atoms with van der Waals surface area (Å²) in [4.78, 5) is 31.1. The van der Waals surface area contributed by atoms with Gasteiger partial charge in [-0.15, -0.1) is 0 Å². The monoisotopic (exact) mass is 318 g/mol. The van der Waals surface area contributed by atoms with E-state index in [0.29, 0.717) is 6.54 Å². The fraction of sp³-hybridized carbons (Fsp3) is 0.706. The lowest BCUT2D eigenvalue weighted by atomic mass is 9.80. The lowest BCUT2D eigenvalue weighted by Gasteiger charge is -2.39. The first-order valence-electron chi connectivity index (χ1n) is 8.57. The molecule has 6 nitrogen and oxygen atoms in total.